The molecule has 0 aromatic carbocycles. The molecule has 1 aliphatic carbocycles. The lowest BCUT2D eigenvalue weighted by Crippen LogP contribution is -2.70. The van der Waals surface area contributed by atoms with E-state index in [2.05, 4.69) is 10.6 Å². The van der Waals surface area contributed by atoms with Crippen molar-refractivity contribution >= 4 is 5.91 Å². The maximum Gasteiger partial charge on any atom is 0.221 e. The Bertz CT molecular complexity index is 849. The van der Waals surface area contributed by atoms with Crippen LogP contribution in [0.5, 0.6) is 0 Å². The summed E-state index contributed by atoms with van der Waals surface area (Å²) < 4.78 is 29.7. The molecule has 15 N–H and O–H groups in total. The predicted molar refractivity (Wildman–Crippen MR) is 139 cm³/mol. The third-order valence-corrected chi connectivity index (χ3v) is 8.22. The first-order valence-electron chi connectivity index (χ1n) is 14.0. The van der Waals surface area contributed by atoms with E-state index in [0.717, 1.165) is 0 Å². The third kappa shape index (κ3) is 7.17. The minimum Gasteiger partial charge on any atom is -0.394 e. The zero-order valence-corrected chi connectivity index (χ0v) is 23.0. The van der Waals surface area contributed by atoms with Crippen LogP contribution in [0.1, 0.15) is 25.7 Å². The SMILES string of the molecule is CNC1C(O[C@H]2OC(CO)[C@@H](NC(=O)CCN)C(O)C2O)O[C@H]2CC(N)[C@@H](O[C@@H]3C(N)C[C@@H](N)C[C@H]3O)OC2C1O. The van der Waals surface area contributed by atoms with Crippen molar-refractivity contribution in [2.75, 3.05) is 20.2 Å². The molecule has 16 atom stereocenters. The average molecular weight is 595 g/mol. The number of likely N-dealkylation sites (N-methyl/N-ethyl adjacent to an activating group) is 1. The molecule has 0 radical (unpaired) electrons. The molecule has 4 rings (SSSR count). The summed E-state index contributed by atoms with van der Waals surface area (Å²) in [5.74, 6) is -0.482. The molecule has 9 unspecified atom stereocenters. The van der Waals surface area contributed by atoms with Gasteiger partial charge in [-0.25, -0.2) is 0 Å². The number of hydrogen-bond donors (Lipinski definition) is 11. The second-order valence-electron chi connectivity index (χ2n) is 11.3. The van der Waals surface area contributed by atoms with Gasteiger partial charge in [0.05, 0.1) is 36.9 Å². The van der Waals surface area contributed by atoms with Gasteiger partial charge in [0.25, 0.3) is 0 Å². The molecular weight excluding hydrogens is 548 g/mol. The van der Waals surface area contributed by atoms with Crippen LogP contribution in [0.15, 0.2) is 0 Å². The van der Waals surface area contributed by atoms with Crippen molar-refractivity contribution in [2.45, 2.75) is 124 Å². The van der Waals surface area contributed by atoms with Crippen LogP contribution in [0, 0.1) is 0 Å². The molecule has 1 amide bonds. The number of hydrogen-bond acceptors (Lipinski definition) is 16. The Kier molecular flexibility index (Phi) is 11.3. The van der Waals surface area contributed by atoms with Crippen LogP contribution in [0.3, 0.4) is 0 Å². The Balaban J connectivity index is 1.41. The van der Waals surface area contributed by atoms with Crippen molar-refractivity contribution in [1.29, 1.82) is 0 Å². The number of rotatable bonds is 9. The van der Waals surface area contributed by atoms with Gasteiger partial charge in [-0.05, 0) is 26.3 Å². The summed E-state index contributed by atoms with van der Waals surface area (Å²) in [4.78, 5) is 12.0. The minimum atomic E-state index is -1.64. The van der Waals surface area contributed by atoms with E-state index in [0.29, 0.717) is 12.8 Å². The van der Waals surface area contributed by atoms with E-state index >= 15 is 0 Å². The van der Waals surface area contributed by atoms with E-state index in [4.69, 9.17) is 46.6 Å². The zero-order chi connectivity index (χ0) is 30.0. The molecular formula is C24H46N6O11. The maximum atomic E-state index is 12.0. The van der Waals surface area contributed by atoms with Gasteiger partial charge in [-0.15, -0.1) is 0 Å². The van der Waals surface area contributed by atoms with Crippen molar-refractivity contribution in [3.63, 3.8) is 0 Å². The number of nitrogens with two attached hydrogens (primary N) is 4. The van der Waals surface area contributed by atoms with Gasteiger partial charge in [-0.3, -0.25) is 4.79 Å². The van der Waals surface area contributed by atoms with E-state index in [9.17, 15) is 30.3 Å². The van der Waals surface area contributed by atoms with Crippen molar-refractivity contribution in [1.82, 2.24) is 10.6 Å². The van der Waals surface area contributed by atoms with Gasteiger partial charge < -0.3 is 82.8 Å². The fourth-order valence-corrected chi connectivity index (χ4v) is 6.02. The zero-order valence-electron chi connectivity index (χ0n) is 23.0. The van der Waals surface area contributed by atoms with Crippen LogP contribution in [0.2, 0.25) is 0 Å². The van der Waals surface area contributed by atoms with Crippen molar-refractivity contribution in [3.05, 3.63) is 0 Å². The van der Waals surface area contributed by atoms with Crippen LogP contribution in [-0.2, 0) is 28.5 Å². The third-order valence-electron chi connectivity index (χ3n) is 8.22. The quantitative estimate of drug-likeness (QED) is 0.118. The number of carbonyl (C=O) groups is 1. The Morgan fingerprint density at radius 2 is 1.61 bits per heavy atom. The van der Waals surface area contributed by atoms with Crippen LogP contribution in [0.4, 0.5) is 0 Å². The summed E-state index contributed by atoms with van der Waals surface area (Å²) in [7, 11) is 1.56. The summed E-state index contributed by atoms with van der Waals surface area (Å²) in [6, 6.07) is -3.49. The summed E-state index contributed by atoms with van der Waals surface area (Å²) in [5.41, 5.74) is 23.8. The Labute approximate surface area is 237 Å². The topological polar surface area (TPSA) is 293 Å². The Morgan fingerprint density at radius 1 is 0.878 bits per heavy atom. The molecule has 4 fully saturated rings. The molecule has 238 valence electrons. The van der Waals surface area contributed by atoms with Gasteiger partial charge in [0.2, 0.25) is 5.91 Å². The monoisotopic (exact) mass is 594 g/mol. The standard InChI is InChI=1S/C24H46N6O11/c1-29-16-18(35)21-12(6-10(28)22(40-21)39-20-9(27)4-8(26)5-11(20)32)37-23(16)41-24-19(36)17(34)15(13(7-31)38-24)30-14(33)2-3-25/h8-13,15-24,29,31-32,34-36H,2-7,25-28H2,1H3,(H,30,33)/t8-,9?,10?,11-,12+,13?,15-,16?,17?,18?,19?,20-,21?,22+,23?,24-/m1/s1. The molecule has 4 aliphatic rings. The summed E-state index contributed by atoms with van der Waals surface area (Å²) >= 11 is 0. The fraction of sp³-hybridized carbons (Fsp3) is 0.958. The summed E-state index contributed by atoms with van der Waals surface area (Å²) in [6.45, 7) is -0.519. The largest absolute Gasteiger partial charge is 0.394 e. The highest BCUT2D eigenvalue weighted by Crippen LogP contribution is 2.35. The lowest BCUT2D eigenvalue weighted by atomic mass is 9.86. The van der Waals surface area contributed by atoms with Gasteiger partial charge in [-0.1, -0.05) is 0 Å². The maximum absolute atomic E-state index is 12.0. The van der Waals surface area contributed by atoms with E-state index < -0.39 is 104 Å². The lowest BCUT2D eigenvalue weighted by molar-refractivity contribution is -0.373. The first-order valence-corrected chi connectivity index (χ1v) is 14.0. The molecule has 41 heavy (non-hydrogen) atoms. The average Bonchev–Trinajstić information content (AvgIpc) is 2.91. The lowest BCUT2D eigenvalue weighted by Gasteiger charge is -2.51. The molecule has 3 aliphatic heterocycles. The number of aliphatic hydroxyl groups is 5. The van der Waals surface area contributed by atoms with Gasteiger partial charge in [-0.2, -0.15) is 0 Å². The van der Waals surface area contributed by atoms with E-state index in [1.807, 2.05) is 0 Å². The number of ether oxygens (including phenoxy) is 5. The predicted octanol–water partition coefficient (Wildman–Crippen LogP) is -6.41. The van der Waals surface area contributed by atoms with Crippen LogP contribution in [-0.4, -0.2) is 150 Å². The number of amides is 1. The van der Waals surface area contributed by atoms with Gasteiger partial charge in [0.15, 0.2) is 18.9 Å². The van der Waals surface area contributed by atoms with Crippen LogP contribution < -0.4 is 33.6 Å². The molecule has 17 nitrogen and oxygen atoms in total. The second-order valence-corrected chi connectivity index (χ2v) is 11.3. The molecule has 3 saturated heterocycles. The number of fused-ring (bicyclic) bond motifs is 1. The molecule has 0 aromatic heterocycles. The summed E-state index contributed by atoms with van der Waals surface area (Å²) in [5, 5.41) is 58.4. The van der Waals surface area contributed by atoms with Gasteiger partial charge in [0, 0.05) is 25.0 Å². The number of carbonyl (C=O) groups excluding carboxylic acids is 1. The first kappa shape index (κ1) is 32.8. The molecule has 0 bridgehead atoms. The van der Waals surface area contributed by atoms with Crippen molar-refractivity contribution < 1.29 is 54.0 Å². The van der Waals surface area contributed by atoms with Gasteiger partial charge >= 0.3 is 0 Å². The molecule has 0 spiro atoms. The summed E-state index contributed by atoms with van der Waals surface area (Å²) in [6.07, 6.45) is -11.5. The van der Waals surface area contributed by atoms with Crippen LogP contribution in [0.25, 0.3) is 0 Å². The molecule has 17 heteroatoms. The highest BCUT2D eigenvalue weighted by Gasteiger charge is 2.54. The number of nitrogens with one attached hydrogen (secondary N) is 2. The van der Waals surface area contributed by atoms with E-state index in [-0.39, 0.29) is 25.4 Å². The molecule has 0 aromatic rings. The molecule has 3 heterocycles. The molecule has 1 saturated carbocycles. The fourth-order valence-electron chi connectivity index (χ4n) is 6.02. The Morgan fingerprint density at radius 3 is 2.24 bits per heavy atom. The number of aliphatic hydroxyl groups excluding tert-OH is 5. The van der Waals surface area contributed by atoms with Gasteiger partial charge in [0.1, 0.15) is 36.6 Å². The van der Waals surface area contributed by atoms with E-state index in [1.54, 1.807) is 7.05 Å². The highest BCUT2D eigenvalue weighted by atomic mass is 16.8. The van der Waals surface area contributed by atoms with Crippen molar-refractivity contribution in [3.8, 4) is 0 Å². The van der Waals surface area contributed by atoms with Crippen LogP contribution >= 0.6 is 0 Å². The first-order chi connectivity index (χ1) is 19.5. The smallest absolute Gasteiger partial charge is 0.221 e. The van der Waals surface area contributed by atoms with E-state index in [1.165, 1.54) is 0 Å². The normalized spacial score (nSPS) is 48.8. The minimum absolute atomic E-state index is 0.0179. The highest BCUT2D eigenvalue weighted by molar-refractivity contribution is 5.76. The second kappa shape index (κ2) is 14.1. The van der Waals surface area contributed by atoms with Crippen molar-refractivity contribution in [2.24, 2.45) is 22.9 Å². The Hall–Kier alpha value is -1.13.